The molecule has 3 heterocycles. The summed E-state index contributed by atoms with van der Waals surface area (Å²) in [5.41, 5.74) is 0.810. The van der Waals surface area contributed by atoms with Crippen molar-refractivity contribution in [3.8, 4) is 0 Å². The first-order chi connectivity index (χ1) is 8.72. The van der Waals surface area contributed by atoms with Crippen LogP contribution >= 0.6 is 22.9 Å². The number of hydrogen-bond donors (Lipinski definition) is 1. The third kappa shape index (κ3) is 2.16. The van der Waals surface area contributed by atoms with Crippen molar-refractivity contribution in [1.29, 1.82) is 0 Å². The summed E-state index contributed by atoms with van der Waals surface area (Å²) in [7, 11) is 0. The number of hydrogen-bond acceptors (Lipinski definition) is 6. The fourth-order valence-corrected chi connectivity index (χ4v) is 2.75. The molecular weight excluding hydrogens is 272 g/mol. The second-order valence-corrected chi connectivity index (χ2v) is 5.33. The molecule has 0 radical (unpaired) electrons. The smallest absolute Gasteiger partial charge is 0.225 e. The predicted molar refractivity (Wildman–Crippen MR) is 71.0 cm³/mol. The standard InChI is InChI=1S/C11H9ClN4OS/c1-6-4-8-9(13-5-7-2-3-17-16-7)14-11(12)15-10(8)18-6/h2-4H,5H2,1H3,(H,13,14,15). The van der Waals surface area contributed by atoms with Crippen molar-refractivity contribution in [3.05, 3.63) is 34.3 Å². The van der Waals surface area contributed by atoms with Crippen LogP contribution in [0, 0.1) is 6.92 Å². The van der Waals surface area contributed by atoms with Crippen molar-refractivity contribution in [2.75, 3.05) is 5.32 Å². The summed E-state index contributed by atoms with van der Waals surface area (Å²) >= 11 is 7.50. The topological polar surface area (TPSA) is 63.8 Å². The lowest BCUT2D eigenvalue weighted by Gasteiger charge is -2.04. The van der Waals surface area contributed by atoms with Crippen molar-refractivity contribution >= 4 is 39.0 Å². The van der Waals surface area contributed by atoms with Crippen LogP contribution in [0.25, 0.3) is 10.2 Å². The Bertz CT molecular complexity index is 680. The van der Waals surface area contributed by atoms with Crippen LogP contribution in [0.3, 0.4) is 0 Å². The highest BCUT2D eigenvalue weighted by Crippen LogP contribution is 2.29. The molecule has 3 aromatic heterocycles. The maximum Gasteiger partial charge on any atom is 0.225 e. The van der Waals surface area contributed by atoms with E-state index in [0.29, 0.717) is 6.54 Å². The van der Waals surface area contributed by atoms with Gasteiger partial charge in [0, 0.05) is 10.9 Å². The zero-order valence-corrected chi connectivity index (χ0v) is 11.0. The van der Waals surface area contributed by atoms with Crippen LogP contribution in [0.4, 0.5) is 5.82 Å². The molecule has 0 spiro atoms. The molecule has 3 aromatic rings. The van der Waals surface area contributed by atoms with Gasteiger partial charge in [0.1, 0.15) is 22.6 Å². The molecule has 0 fully saturated rings. The number of anilines is 1. The zero-order chi connectivity index (χ0) is 12.5. The summed E-state index contributed by atoms with van der Waals surface area (Å²) < 4.78 is 4.77. The van der Waals surface area contributed by atoms with Gasteiger partial charge in [0.15, 0.2) is 0 Å². The molecule has 0 saturated carbocycles. The molecule has 7 heteroatoms. The van der Waals surface area contributed by atoms with E-state index in [1.807, 2.05) is 13.0 Å². The molecule has 92 valence electrons. The van der Waals surface area contributed by atoms with Gasteiger partial charge in [-0.2, -0.15) is 0 Å². The summed E-state index contributed by atoms with van der Waals surface area (Å²) in [6, 6.07) is 3.84. The lowest BCUT2D eigenvalue weighted by molar-refractivity contribution is 0.412. The fourth-order valence-electron chi connectivity index (χ4n) is 1.65. The van der Waals surface area contributed by atoms with E-state index >= 15 is 0 Å². The summed E-state index contributed by atoms with van der Waals surface area (Å²) in [4.78, 5) is 10.5. The Morgan fingerprint density at radius 3 is 3.11 bits per heavy atom. The number of halogens is 1. The van der Waals surface area contributed by atoms with E-state index < -0.39 is 0 Å². The van der Waals surface area contributed by atoms with Gasteiger partial charge in [0.25, 0.3) is 0 Å². The van der Waals surface area contributed by atoms with Crippen molar-refractivity contribution in [1.82, 2.24) is 15.1 Å². The molecule has 0 aliphatic carbocycles. The average molecular weight is 281 g/mol. The van der Waals surface area contributed by atoms with Gasteiger partial charge in [-0.05, 0) is 24.6 Å². The molecule has 0 unspecified atom stereocenters. The third-order valence-corrected chi connectivity index (χ3v) is 3.53. The number of nitrogens with zero attached hydrogens (tertiary/aromatic N) is 3. The predicted octanol–water partition coefficient (Wildman–Crippen LogP) is 3.25. The van der Waals surface area contributed by atoms with Crippen LogP contribution in [0.2, 0.25) is 5.28 Å². The highest BCUT2D eigenvalue weighted by atomic mass is 35.5. The Labute approximate surface area is 112 Å². The Kier molecular flexibility index (Phi) is 2.89. The minimum Gasteiger partial charge on any atom is -0.364 e. The molecule has 0 bridgehead atoms. The second kappa shape index (κ2) is 4.55. The number of nitrogens with one attached hydrogen (secondary N) is 1. The third-order valence-electron chi connectivity index (χ3n) is 2.42. The minimum atomic E-state index is 0.243. The molecular formula is C11H9ClN4OS. The highest BCUT2D eigenvalue weighted by molar-refractivity contribution is 7.18. The van der Waals surface area contributed by atoms with E-state index in [2.05, 4.69) is 20.4 Å². The lowest BCUT2D eigenvalue weighted by atomic mass is 10.3. The number of aryl methyl sites for hydroxylation is 1. The van der Waals surface area contributed by atoms with Crippen LogP contribution in [0.5, 0.6) is 0 Å². The largest absolute Gasteiger partial charge is 0.364 e. The van der Waals surface area contributed by atoms with E-state index in [1.165, 1.54) is 11.1 Å². The Morgan fingerprint density at radius 1 is 1.44 bits per heavy atom. The number of rotatable bonds is 3. The van der Waals surface area contributed by atoms with Crippen molar-refractivity contribution in [3.63, 3.8) is 0 Å². The van der Waals surface area contributed by atoms with Gasteiger partial charge in [-0.1, -0.05) is 5.16 Å². The fraction of sp³-hybridized carbons (Fsp3) is 0.182. The van der Waals surface area contributed by atoms with Crippen LogP contribution in [0.1, 0.15) is 10.6 Å². The van der Waals surface area contributed by atoms with Gasteiger partial charge in [0.05, 0.1) is 11.9 Å². The van der Waals surface area contributed by atoms with Crippen molar-refractivity contribution < 1.29 is 4.52 Å². The van der Waals surface area contributed by atoms with Gasteiger partial charge < -0.3 is 9.84 Å². The van der Waals surface area contributed by atoms with Gasteiger partial charge in [-0.15, -0.1) is 11.3 Å². The zero-order valence-electron chi connectivity index (χ0n) is 9.48. The van der Waals surface area contributed by atoms with Crippen molar-refractivity contribution in [2.24, 2.45) is 0 Å². The summed E-state index contributed by atoms with van der Waals surface area (Å²) in [6.45, 7) is 2.56. The summed E-state index contributed by atoms with van der Waals surface area (Å²) in [5.74, 6) is 0.720. The molecule has 0 atom stereocenters. The molecule has 0 aliphatic rings. The molecule has 0 aliphatic heterocycles. The van der Waals surface area contributed by atoms with Gasteiger partial charge >= 0.3 is 0 Å². The first-order valence-electron chi connectivity index (χ1n) is 5.29. The van der Waals surface area contributed by atoms with Crippen molar-refractivity contribution in [2.45, 2.75) is 13.5 Å². The Balaban J connectivity index is 1.95. The Hall–Kier alpha value is -1.66. The van der Waals surface area contributed by atoms with E-state index in [4.69, 9.17) is 16.1 Å². The molecule has 3 rings (SSSR count). The number of thiophene rings is 1. The minimum absolute atomic E-state index is 0.243. The van der Waals surface area contributed by atoms with E-state index in [0.717, 1.165) is 21.7 Å². The normalized spacial score (nSPS) is 11.0. The second-order valence-electron chi connectivity index (χ2n) is 3.76. The van der Waals surface area contributed by atoms with Gasteiger partial charge in [-0.3, -0.25) is 0 Å². The molecule has 0 amide bonds. The van der Waals surface area contributed by atoms with E-state index in [-0.39, 0.29) is 5.28 Å². The van der Waals surface area contributed by atoms with E-state index in [1.54, 1.807) is 17.4 Å². The molecule has 0 saturated heterocycles. The molecule has 5 nitrogen and oxygen atoms in total. The van der Waals surface area contributed by atoms with Gasteiger partial charge in [0.2, 0.25) is 5.28 Å². The van der Waals surface area contributed by atoms with Crippen LogP contribution < -0.4 is 5.32 Å². The quantitative estimate of drug-likeness (QED) is 0.746. The van der Waals surface area contributed by atoms with Crippen LogP contribution in [-0.4, -0.2) is 15.1 Å². The van der Waals surface area contributed by atoms with Gasteiger partial charge in [-0.25, -0.2) is 9.97 Å². The summed E-state index contributed by atoms with van der Waals surface area (Å²) in [5, 5.41) is 8.24. The molecule has 0 aromatic carbocycles. The first kappa shape index (κ1) is 11.4. The van der Waals surface area contributed by atoms with E-state index in [9.17, 15) is 0 Å². The number of aromatic nitrogens is 3. The highest BCUT2D eigenvalue weighted by Gasteiger charge is 2.09. The van der Waals surface area contributed by atoms with Crippen LogP contribution in [-0.2, 0) is 6.54 Å². The van der Waals surface area contributed by atoms with Crippen LogP contribution in [0.15, 0.2) is 22.9 Å². The number of fused-ring (bicyclic) bond motifs is 1. The summed E-state index contributed by atoms with van der Waals surface area (Å²) in [6.07, 6.45) is 1.54. The monoisotopic (exact) mass is 280 g/mol. The first-order valence-corrected chi connectivity index (χ1v) is 6.48. The molecule has 1 N–H and O–H groups in total. The SMILES string of the molecule is Cc1cc2c(NCc3ccon3)nc(Cl)nc2s1. The maximum atomic E-state index is 5.90. The maximum absolute atomic E-state index is 5.90. The Morgan fingerprint density at radius 2 is 2.33 bits per heavy atom. The molecule has 18 heavy (non-hydrogen) atoms. The lowest BCUT2D eigenvalue weighted by Crippen LogP contribution is -2.02. The average Bonchev–Trinajstić information content (AvgIpc) is 2.93.